The summed E-state index contributed by atoms with van der Waals surface area (Å²) in [5, 5.41) is 3.92. The number of para-hydroxylation sites is 2. The first kappa shape index (κ1) is 21.2. The smallest absolute Gasteiger partial charge is 0.240 e. The summed E-state index contributed by atoms with van der Waals surface area (Å²) in [5.74, 6) is 1.96. The summed E-state index contributed by atoms with van der Waals surface area (Å²) < 4.78 is 18.2. The Morgan fingerprint density at radius 3 is 2.66 bits per heavy atom. The van der Waals surface area contributed by atoms with E-state index in [2.05, 4.69) is 10.3 Å². The van der Waals surface area contributed by atoms with Gasteiger partial charge in [0, 0.05) is 23.3 Å². The van der Waals surface area contributed by atoms with Crippen LogP contribution in [0.15, 0.2) is 73.1 Å². The van der Waals surface area contributed by atoms with Crippen LogP contribution in [0.25, 0.3) is 22.2 Å². The third-order valence-electron chi connectivity index (χ3n) is 5.08. The van der Waals surface area contributed by atoms with Crippen LogP contribution in [0.4, 0.5) is 0 Å². The van der Waals surface area contributed by atoms with E-state index in [1.807, 2.05) is 71.4 Å². The standard InChI is InChI=1S/C25H25N3O4/c1-30-20-7-5-6-19(16-20)24-25-18(10-12-27-24)11-14-28(25)17-23(29)26-13-15-32-22-9-4-3-8-21(22)31-2/h3-12,14,16H,13,15,17H2,1-2H3,(H,26,29). The van der Waals surface area contributed by atoms with Crippen LogP contribution in [0.3, 0.4) is 0 Å². The first-order valence-electron chi connectivity index (χ1n) is 10.3. The summed E-state index contributed by atoms with van der Waals surface area (Å²) in [6, 6.07) is 19.1. The van der Waals surface area contributed by atoms with Crippen molar-refractivity contribution in [1.82, 2.24) is 14.9 Å². The van der Waals surface area contributed by atoms with Gasteiger partial charge in [-0.05, 0) is 36.4 Å². The van der Waals surface area contributed by atoms with Gasteiger partial charge >= 0.3 is 0 Å². The number of amides is 1. The lowest BCUT2D eigenvalue weighted by atomic mass is 10.1. The molecule has 0 fully saturated rings. The maximum absolute atomic E-state index is 12.6. The summed E-state index contributed by atoms with van der Waals surface area (Å²) in [5.41, 5.74) is 2.64. The Morgan fingerprint density at radius 1 is 1.00 bits per heavy atom. The van der Waals surface area contributed by atoms with Gasteiger partial charge in [0.1, 0.15) is 18.9 Å². The predicted octanol–water partition coefficient (Wildman–Crippen LogP) is 3.92. The highest BCUT2D eigenvalue weighted by atomic mass is 16.5. The molecule has 0 unspecified atom stereocenters. The van der Waals surface area contributed by atoms with E-state index in [1.54, 1.807) is 20.4 Å². The molecule has 4 aromatic rings. The van der Waals surface area contributed by atoms with Crippen LogP contribution in [0.1, 0.15) is 0 Å². The highest BCUT2D eigenvalue weighted by Gasteiger charge is 2.13. The van der Waals surface area contributed by atoms with Gasteiger partial charge in [0.25, 0.3) is 0 Å². The number of hydrogen-bond acceptors (Lipinski definition) is 5. The zero-order valence-electron chi connectivity index (χ0n) is 18.1. The molecule has 0 aliphatic rings. The zero-order valence-corrected chi connectivity index (χ0v) is 18.1. The molecule has 1 amide bonds. The van der Waals surface area contributed by atoms with E-state index in [9.17, 15) is 4.79 Å². The summed E-state index contributed by atoms with van der Waals surface area (Å²) in [6.45, 7) is 0.910. The molecule has 7 heteroatoms. The van der Waals surface area contributed by atoms with Crippen molar-refractivity contribution >= 4 is 16.8 Å². The normalized spacial score (nSPS) is 10.7. The molecular weight excluding hydrogens is 406 g/mol. The van der Waals surface area contributed by atoms with Crippen molar-refractivity contribution in [2.45, 2.75) is 6.54 Å². The minimum Gasteiger partial charge on any atom is -0.497 e. The van der Waals surface area contributed by atoms with E-state index >= 15 is 0 Å². The van der Waals surface area contributed by atoms with Crippen LogP contribution in [0.5, 0.6) is 17.2 Å². The van der Waals surface area contributed by atoms with Crippen LogP contribution >= 0.6 is 0 Å². The summed E-state index contributed by atoms with van der Waals surface area (Å²) in [7, 11) is 3.23. The second kappa shape index (κ2) is 9.87. The van der Waals surface area contributed by atoms with Crippen LogP contribution in [0.2, 0.25) is 0 Å². The Hall–Kier alpha value is -4.00. The molecule has 0 bridgehead atoms. The Kier molecular flexibility index (Phi) is 6.55. The number of carbonyl (C=O) groups is 1. The van der Waals surface area contributed by atoms with Crippen molar-refractivity contribution in [1.29, 1.82) is 0 Å². The Balaban J connectivity index is 1.43. The molecule has 2 heterocycles. The molecule has 32 heavy (non-hydrogen) atoms. The van der Waals surface area contributed by atoms with Gasteiger partial charge in [0.2, 0.25) is 5.91 Å². The molecule has 4 rings (SSSR count). The van der Waals surface area contributed by atoms with Gasteiger partial charge in [0.05, 0.1) is 32.0 Å². The molecule has 2 aromatic carbocycles. The van der Waals surface area contributed by atoms with Crippen molar-refractivity contribution in [3.8, 4) is 28.5 Å². The van der Waals surface area contributed by atoms with E-state index in [-0.39, 0.29) is 12.5 Å². The van der Waals surface area contributed by atoms with Crippen molar-refractivity contribution in [3.63, 3.8) is 0 Å². The fourth-order valence-corrected chi connectivity index (χ4v) is 3.56. The zero-order chi connectivity index (χ0) is 22.3. The number of benzene rings is 2. The van der Waals surface area contributed by atoms with E-state index in [1.165, 1.54) is 0 Å². The van der Waals surface area contributed by atoms with Gasteiger partial charge in [0.15, 0.2) is 11.5 Å². The Bertz CT molecular complexity index is 1220. The first-order chi connectivity index (χ1) is 15.7. The molecule has 0 aliphatic carbocycles. The number of hydrogen-bond donors (Lipinski definition) is 1. The Labute approximate surface area is 186 Å². The maximum Gasteiger partial charge on any atom is 0.240 e. The molecule has 1 N–H and O–H groups in total. The van der Waals surface area contributed by atoms with Gasteiger partial charge < -0.3 is 24.1 Å². The average molecular weight is 431 g/mol. The third-order valence-corrected chi connectivity index (χ3v) is 5.08. The molecular formula is C25H25N3O4. The highest BCUT2D eigenvalue weighted by Crippen LogP contribution is 2.29. The molecule has 0 spiro atoms. The molecule has 2 aromatic heterocycles. The minimum atomic E-state index is -0.105. The van der Waals surface area contributed by atoms with Gasteiger partial charge in [-0.2, -0.15) is 0 Å². The average Bonchev–Trinajstić information content (AvgIpc) is 3.25. The van der Waals surface area contributed by atoms with Crippen molar-refractivity contribution in [3.05, 3.63) is 73.1 Å². The number of nitrogens with zero attached hydrogens (tertiary/aromatic N) is 2. The van der Waals surface area contributed by atoms with E-state index < -0.39 is 0 Å². The van der Waals surface area contributed by atoms with E-state index in [4.69, 9.17) is 14.2 Å². The third kappa shape index (κ3) is 4.67. The van der Waals surface area contributed by atoms with Crippen LogP contribution in [-0.4, -0.2) is 42.8 Å². The summed E-state index contributed by atoms with van der Waals surface area (Å²) >= 11 is 0. The number of methoxy groups -OCH3 is 2. The maximum atomic E-state index is 12.6. The van der Waals surface area contributed by atoms with E-state index in [0.29, 0.717) is 24.7 Å². The molecule has 0 radical (unpaired) electrons. The number of aromatic nitrogens is 2. The fourth-order valence-electron chi connectivity index (χ4n) is 3.56. The van der Waals surface area contributed by atoms with Gasteiger partial charge in [-0.3, -0.25) is 9.78 Å². The van der Waals surface area contributed by atoms with Crippen LogP contribution in [0, 0.1) is 0 Å². The quantitative estimate of drug-likeness (QED) is 0.407. The SMILES string of the molecule is COc1cccc(-c2nccc3ccn(CC(=O)NCCOc4ccccc4OC)c23)c1. The molecule has 0 aliphatic heterocycles. The monoisotopic (exact) mass is 431 g/mol. The summed E-state index contributed by atoms with van der Waals surface area (Å²) in [6.07, 6.45) is 3.68. The van der Waals surface area contributed by atoms with E-state index in [0.717, 1.165) is 27.9 Å². The minimum absolute atomic E-state index is 0.105. The first-order valence-corrected chi connectivity index (χ1v) is 10.3. The van der Waals surface area contributed by atoms with Crippen molar-refractivity contribution in [2.75, 3.05) is 27.4 Å². The molecule has 164 valence electrons. The second-order valence-electron chi connectivity index (χ2n) is 7.12. The predicted molar refractivity (Wildman–Crippen MR) is 123 cm³/mol. The molecule has 0 saturated carbocycles. The van der Waals surface area contributed by atoms with Gasteiger partial charge in [-0.1, -0.05) is 24.3 Å². The topological polar surface area (TPSA) is 74.6 Å². The number of rotatable bonds is 9. The number of nitrogens with one attached hydrogen (secondary N) is 1. The number of pyridine rings is 1. The number of carbonyl (C=O) groups excluding carboxylic acids is 1. The van der Waals surface area contributed by atoms with Crippen molar-refractivity contribution in [2.24, 2.45) is 0 Å². The van der Waals surface area contributed by atoms with Crippen molar-refractivity contribution < 1.29 is 19.0 Å². The molecule has 7 nitrogen and oxygen atoms in total. The largest absolute Gasteiger partial charge is 0.497 e. The lowest BCUT2D eigenvalue weighted by Crippen LogP contribution is -2.31. The van der Waals surface area contributed by atoms with Gasteiger partial charge in [-0.25, -0.2) is 0 Å². The lowest BCUT2D eigenvalue weighted by molar-refractivity contribution is -0.121. The van der Waals surface area contributed by atoms with Crippen LogP contribution < -0.4 is 19.5 Å². The molecule has 0 saturated heterocycles. The molecule has 0 atom stereocenters. The lowest BCUT2D eigenvalue weighted by Gasteiger charge is -2.12. The number of fused-ring (bicyclic) bond motifs is 1. The Morgan fingerprint density at radius 2 is 1.84 bits per heavy atom. The number of ether oxygens (including phenoxy) is 3. The van der Waals surface area contributed by atoms with Crippen LogP contribution in [-0.2, 0) is 11.3 Å². The van der Waals surface area contributed by atoms with Gasteiger partial charge in [-0.15, -0.1) is 0 Å². The fraction of sp³-hybridized carbons (Fsp3) is 0.200. The summed E-state index contributed by atoms with van der Waals surface area (Å²) in [4.78, 5) is 17.2. The highest BCUT2D eigenvalue weighted by molar-refractivity contribution is 5.93. The second-order valence-corrected chi connectivity index (χ2v) is 7.12.